The van der Waals surface area contributed by atoms with E-state index in [1.807, 2.05) is 4.98 Å². The average Bonchev–Trinajstić information content (AvgIpc) is 2.87. The monoisotopic (exact) mass is 436 g/mol. The molecule has 2 N–H and O–H groups in total. The van der Waals surface area contributed by atoms with Crippen molar-refractivity contribution >= 4 is 52.7 Å². The molecule has 0 aromatic carbocycles. The summed E-state index contributed by atoms with van der Waals surface area (Å²) < 4.78 is 21.9. The summed E-state index contributed by atoms with van der Waals surface area (Å²) in [5.41, 5.74) is -1.93. The number of rotatable bonds is 4. The predicted molar refractivity (Wildman–Crippen MR) is 89.9 cm³/mol. The van der Waals surface area contributed by atoms with Gasteiger partial charge in [0, 0.05) is 6.42 Å². The second-order valence-electron chi connectivity index (χ2n) is 5.04. The summed E-state index contributed by atoms with van der Waals surface area (Å²) in [4.78, 5) is 36.0. The molecule has 25 heavy (non-hydrogen) atoms. The number of aliphatic hydroxyl groups excluding tert-OH is 1. The van der Waals surface area contributed by atoms with Crippen molar-refractivity contribution in [3.8, 4) is 0 Å². The van der Waals surface area contributed by atoms with Crippen LogP contribution in [0.15, 0.2) is 15.8 Å². The van der Waals surface area contributed by atoms with Crippen molar-refractivity contribution in [1.29, 1.82) is 0 Å². The van der Waals surface area contributed by atoms with Gasteiger partial charge in [-0.2, -0.15) is 4.39 Å². The van der Waals surface area contributed by atoms with Gasteiger partial charge >= 0.3 is 11.8 Å². The lowest BCUT2D eigenvalue weighted by atomic mass is 10.2. The van der Waals surface area contributed by atoms with E-state index in [2.05, 4.69) is 4.74 Å². The van der Waals surface area contributed by atoms with E-state index in [1.165, 1.54) is 0 Å². The van der Waals surface area contributed by atoms with Crippen LogP contribution >= 0.6 is 46.6 Å². The van der Waals surface area contributed by atoms with Gasteiger partial charge in [0.2, 0.25) is 9.61 Å². The fourth-order valence-electron chi connectivity index (χ4n) is 2.04. The van der Waals surface area contributed by atoms with Gasteiger partial charge < -0.3 is 14.6 Å². The number of halogens is 4. The minimum atomic E-state index is -1.78. The van der Waals surface area contributed by atoms with E-state index < -0.39 is 50.3 Å². The quantitative estimate of drug-likeness (QED) is 0.543. The Balaban J connectivity index is 1.93. The third-order valence-corrected chi connectivity index (χ3v) is 5.02. The number of thioether (sulfide) groups is 1. The van der Waals surface area contributed by atoms with E-state index in [4.69, 9.17) is 39.5 Å². The number of nitrogens with one attached hydrogen (secondary N) is 1. The third kappa shape index (κ3) is 5.78. The van der Waals surface area contributed by atoms with Gasteiger partial charge in [0.1, 0.15) is 13.2 Å². The largest absolute Gasteiger partial charge is 0.508 e. The van der Waals surface area contributed by atoms with Crippen LogP contribution in [0, 0.1) is 5.82 Å². The molecular formula is C12H12Cl3FN2O6S. The molecule has 8 nitrogen and oxygen atoms in total. The maximum absolute atomic E-state index is 13.3. The Morgan fingerprint density at radius 2 is 2.12 bits per heavy atom. The van der Waals surface area contributed by atoms with Crippen molar-refractivity contribution in [3.63, 3.8) is 0 Å². The summed E-state index contributed by atoms with van der Waals surface area (Å²) in [6.07, 6.45) is -1.16. The molecule has 0 bridgehead atoms. The number of aliphatic hydroxyl groups is 1. The highest BCUT2D eigenvalue weighted by Crippen LogP contribution is 2.41. The molecule has 1 aliphatic rings. The van der Waals surface area contributed by atoms with Gasteiger partial charge in [-0.05, 0) is 0 Å². The molecule has 0 saturated carbocycles. The van der Waals surface area contributed by atoms with Crippen molar-refractivity contribution in [3.05, 3.63) is 32.9 Å². The number of carbonyl (C=O) groups is 1. The number of carbonyl (C=O) groups excluding carboxylic acids is 1. The Morgan fingerprint density at radius 1 is 1.44 bits per heavy atom. The van der Waals surface area contributed by atoms with E-state index >= 15 is 0 Å². The summed E-state index contributed by atoms with van der Waals surface area (Å²) in [5, 5.41) is 8.78. The van der Waals surface area contributed by atoms with Crippen molar-refractivity contribution in [2.45, 2.75) is 26.9 Å². The van der Waals surface area contributed by atoms with Gasteiger partial charge in [0.05, 0.1) is 22.9 Å². The number of aromatic nitrogens is 2. The normalized spacial score (nSPS) is 23.5. The van der Waals surface area contributed by atoms with E-state index in [0.29, 0.717) is 0 Å². The van der Waals surface area contributed by atoms with Crippen molar-refractivity contribution in [2.75, 3.05) is 13.2 Å². The Labute approximate surface area is 159 Å². The summed E-state index contributed by atoms with van der Waals surface area (Å²) >= 11 is 17.3. The summed E-state index contributed by atoms with van der Waals surface area (Å²) in [6, 6.07) is 0. The van der Waals surface area contributed by atoms with E-state index in [0.717, 1.165) is 22.5 Å². The molecule has 1 aromatic heterocycles. The van der Waals surface area contributed by atoms with Crippen LogP contribution in [0.4, 0.5) is 9.18 Å². The number of H-pyrrole nitrogens is 1. The zero-order chi connectivity index (χ0) is 18.8. The van der Waals surface area contributed by atoms with Crippen LogP contribution in [-0.2, 0) is 9.47 Å². The number of ether oxygens (including phenoxy) is 2. The Morgan fingerprint density at radius 3 is 2.76 bits per heavy atom. The first-order valence-corrected chi connectivity index (χ1v) is 8.85. The predicted octanol–water partition coefficient (Wildman–Crippen LogP) is 1.56. The maximum Gasteiger partial charge on any atom is 0.508 e. The highest BCUT2D eigenvalue weighted by molar-refractivity contribution is 8.00. The minimum Gasteiger partial charge on any atom is -0.433 e. The molecule has 0 amide bonds. The second-order valence-corrected chi connectivity index (χ2v) is 8.98. The first-order valence-electron chi connectivity index (χ1n) is 6.77. The number of nitrogens with zero attached hydrogens (tertiary/aromatic N) is 1. The van der Waals surface area contributed by atoms with Gasteiger partial charge in [-0.3, -0.25) is 14.3 Å². The third-order valence-electron chi connectivity index (χ3n) is 3.16. The molecule has 140 valence electrons. The molecule has 2 rings (SSSR count). The van der Waals surface area contributed by atoms with E-state index in [-0.39, 0.29) is 13.0 Å². The number of hydrogen-bond acceptors (Lipinski definition) is 7. The second kappa shape index (κ2) is 8.17. The zero-order valence-corrected chi connectivity index (χ0v) is 15.4. The fourth-order valence-corrected chi connectivity index (χ4v) is 3.65. The van der Waals surface area contributed by atoms with Gasteiger partial charge in [-0.1, -0.05) is 34.8 Å². The molecule has 1 aliphatic heterocycles. The lowest BCUT2D eigenvalue weighted by Gasteiger charge is -2.15. The smallest absolute Gasteiger partial charge is 0.433 e. The van der Waals surface area contributed by atoms with Crippen LogP contribution in [0.5, 0.6) is 0 Å². The molecule has 0 radical (unpaired) electrons. The van der Waals surface area contributed by atoms with Crippen LogP contribution in [0.3, 0.4) is 0 Å². The summed E-state index contributed by atoms with van der Waals surface area (Å²) in [6.45, 7) is -0.743. The molecular weight excluding hydrogens is 426 g/mol. The van der Waals surface area contributed by atoms with Crippen LogP contribution < -0.4 is 11.2 Å². The van der Waals surface area contributed by atoms with Crippen LogP contribution in [0.1, 0.15) is 11.8 Å². The van der Waals surface area contributed by atoms with Gasteiger partial charge in [0.25, 0.3) is 5.56 Å². The minimum absolute atomic E-state index is 0.0906. The zero-order valence-electron chi connectivity index (χ0n) is 12.3. The molecule has 0 unspecified atom stereocenters. The highest BCUT2D eigenvalue weighted by atomic mass is 35.6. The number of alkyl halides is 3. The molecule has 3 atom stereocenters. The lowest BCUT2D eigenvalue weighted by Crippen LogP contribution is -2.32. The Hall–Kier alpha value is -0.940. The molecule has 2 heterocycles. The highest BCUT2D eigenvalue weighted by Gasteiger charge is 2.36. The SMILES string of the molecule is O=C(OC[C@H]1S[C@@H](n2cc(F)c(=O)[nH]c2=O)C[C@@H]1O)OCC(Cl)(Cl)Cl. The molecule has 1 aromatic rings. The van der Waals surface area contributed by atoms with Crippen molar-refractivity contribution < 1.29 is 23.8 Å². The molecule has 1 saturated heterocycles. The number of aromatic amines is 1. The van der Waals surface area contributed by atoms with Crippen LogP contribution in [-0.4, -0.2) is 49.2 Å². The maximum atomic E-state index is 13.3. The first-order chi connectivity index (χ1) is 11.6. The molecule has 0 spiro atoms. The summed E-state index contributed by atoms with van der Waals surface area (Å²) in [7, 11) is 0. The average molecular weight is 438 g/mol. The van der Waals surface area contributed by atoms with E-state index in [1.54, 1.807) is 0 Å². The standard InChI is InChI=1S/C12H12Cl3FN2O6S/c13-12(14,15)4-24-11(22)23-3-7-6(19)1-8(25-7)18-2-5(16)9(20)17-10(18)21/h2,6-8,19H,1,3-4H2,(H,17,20,21)/t6-,7+,8+/m0/s1. The summed E-state index contributed by atoms with van der Waals surface area (Å²) in [5.74, 6) is -1.12. The van der Waals surface area contributed by atoms with Crippen molar-refractivity contribution in [1.82, 2.24) is 9.55 Å². The van der Waals surface area contributed by atoms with Crippen LogP contribution in [0.25, 0.3) is 0 Å². The van der Waals surface area contributed by atoms with Gasteiger partial charge in [-0.25, -0.2) is 9.59 Å². The van der Waals surface area contributed by atoms with Crippen molar-refractivity contribution in [2.24, 2.45) is 0 Å². The van der Waals surface area contributed by atoms with Gasteiger partial charge in [0.15, 0.2) is 0 Å². The molecule has 1 fully saturated rings. The fraction of sp³-hybridized carbons (Fsp3) is 0.583. The van der Waals surface area contributed by atoms with Gasteiger partial charge in [-0.15, -0.1) is 11.8 Å². The topological polar surface area (TPSA) is 111 Å². The van der Waals surface area contributed by atoms with Crippen LogP contribution in [0.2, 0.25) is 0 Å². The molecule has 13 heteroatoms. The molecule has 0 aliphatic carbocycles. The van der Waals surface area contributed by atoms with E-state index in [9.17, 15) is 23.9 Å². The first kappa shape index (κ1) is 20.4. The lowest BCUT2D eigenvalue weighted by molar-refractivity contribution is 0.0469. The number of hydrogen-bond donors (Lipinski definition) is 2. The Bertz CT molecular complexity index is 752. The Kier molecular flexibility index (Phi) is 6.66.